The Labute approximate surface area is 174 Å². The van der Waals surface area contributed by atoms with Crippen molar-refractivity contribution in [3.8, 4) is 0 Å². The molecule has 0 unspecified atom stereocenters. The smallest absolute Gasteiger partial charge is 0.253 e. The molecular formula is C23H32N4O2. The van der Waals surface area contributed by atoms with Crippen LogP contribution in [-0.2, 0) is 11.3 Å². The summed E-state index contributed by atoms with van der Waals surface area (Å²) in [6, 6.07) is 15.4. The molecule has 0 fully saturated rings. The average molecular weight is 397 g/mol. The van der Waals surface area contributed by atoms with E-state index in [4.69, 9.17) is 0 Å². The van der Waals surface area contributed by atoms with Crippen molar-refractivity contribution in [1.29, 1.82) is 0 Å². The van der Waals surface area contributed by atoms with E-state index in [1.165, 1.54) is 0 Å². The molecule has 0 aliphatic heterocycles. The van der Waals surface area contributed by atoms with Crippen LogP contribution in [0.2, 0.25) is 0 Å². The summed E-state index contributed by atoms with van der Waals surface area (Å²) < 4.78 is 0. The van der Waals surface area contributed by atoms with Gasteiger partial charge in [-0.25, -0.2) is 0 Å². The van der Waals surface area contributed by atoms with Gasteiger partial charge < -0.3 is 15.1 Å². The fourth-order valence-electron chi connectivity index (χ4n) is 3.14. The van der Waals surface area contributed by atoms with Crippen molar-refractivity contribution >= 4 is 23.2 Å². The average Bonchev–Trinajstić information content (AvgIpc) is 2.69. The third kappa shape index (κ3) is 6.61. The van der Waals surface area contributed by atoms with E-state index in [-0.39, 0.29) is 18.4 Å². The van der Waals surface area contributed by atoms with Gasteiger partial charge in [0.2, 0.25) is 5.91 Å². The van der Waals surface area contributed by atoms with E-state index in [0.717, 1.165) is 11.3 Å². The van der Waals surface area contributed by atoms with Crippen molar-refractivity contribution in [3.05, 3.63) is 59.7 Å². The number of carbonyl (C=O) groups excluding carboxylic acids is 2. The highest BCUT2D eigenvalue weighted by Gasteiger charge is 2.14. The summed E-state index contributed by atoms with van der Waals surface area (Å²) in [5.74, 6) is -0.130. The molecule has 6 heteroatoms. The van der Waals surface area contributed by atoms with Gasteiger partial charge in [0.05, 0.1) is 6.54 Å². The second-order valence-electron chi connectivity index (χ2n) is 7.34. The SMILES string of the molecule is CCN(CC)C(=O)c1cccc(NC(=O)CN(C)Cc2ccc(N(C)C)cc2)c1. The monoisotopic (exact) mass is 396 g/mol. The third-order valence-electron chi connectivity index (χ3n) is 4.76. The maximum Gasteiger partial charge on any atom is 0.253 e. The van der Waals surface area contributed by atoms with Gasteiger partial charge in [-0.3, -0.25) is 14.5 Å². The van der Waals surface area contributed by atoms with Gasteiger partial charge in [-0.05, 0) is 56.8 Å². The number of likely N-dealkylation sites (N-methyl/N-ethyl adjacent to an activating group) is 1. The molecule has 0 atom stereocenters. The standard InChI is InChI=1S/C23H32N4O2/c1-6-27(7-2)23(29)19-9-8-10-20(15-19)24-22(28)17-26(5)16-18-11-13-21(14-12-18)25(3)4/h8-15H,6-7,16-17H2,1-5H3,(H,24,28). The molecule has 0 bridgehead atoms. The van der Waals surface area contributed by atoms with E-state index in [9.17, 15) is 9.59 Å². The van der Waals surface area contributed by atoms with E-state index in [0.29, 0.717) is 30.9 Å². The summed E-state index contributed by atoms with van der Waals surface area (Å²) in [6.45, 7) is 6.18. The number of benzene rings is 2. The summed E-state index contributed by atoms with van der Waals surface area (Å²) in [4.78, 5) is 30.7. The molecule has 0 saturated carbocycles. The highest BCUT2D eigenvalue weighted by molar-refractivity contribution is 5.97. The number of carbonyl (C=O) groups is 2. The molecule has 2 aromatic rings. The molecule has 0 aliphatic rings. The molecule has 156 valence electrons. The van der Waals surface area contributed by atoms with Crippen LogP contribution in [0.25, 0.3) is 0 Å². The fraction of sp³-hybridized carbons (Fsp3) is 0.391. The van der Waals surface area contributed by atoms with Crippen LogP contribution < -0.4 is 10.2 Å². The highest BCUT2D eigenvalue weighted by Crippen LogP contribution is 2.15. The number of amides is 2. The third-order valence-corrected chi connectivity index (χ3v) is 4.76. The van der Waals surface area contributed by atoms with E-state index < -0.39 is 0 Å². The van der Waals surface area contributed by atoms with Crippen LogP contribution in [0.4, 0.5) is 11.4 Å². The van der Waals surface area contributed by atoms with Crippen molar-refractivity contribution in [2.75, 3.05) is 51.0 Å². The maximum absolute atomic E-state index is 12.5. The maximum atomic E-state index is 12.5. The van der Waals surface area contributed by atoms with Crippen LogP contribution in [0.5, 0.6) is 0 Å². The molecule has 0 aromatic heterocycles. The van der Waals surface area contributed by atoms with Gasteiger partial charge in [0.25, 0.3) is 5.91 Å². The highest BCUT2D eigenvalue weighted by atomic mass is 16.2. The second kappa shape index (κ2) is 10.6. The Morgan fingerprint density at radius 2 is 1.59 bits per heavy atom. The molecule has 2 amide bonds. The van der Waals surface area contributed by atoms with Crippen LogP contribution in [0.15, 0.2) is 48.5 Å². The first kappa shape index (κ1) is 22.4. The van der Waals surface area contributed by atoms with Gasteiger partial charge >= 0.3 is 0 Å². The molecular weight excluding hydrogens is 364 g/mol. The van der Waals surface area contributed by atoms with Crippen molar-refractivity contribution in [3.63, 3.8) is 0 Å². The normalized spacial score (nSPS) is 10.7. The molecule has 0 aliphatic carbocycles. The number of nitrogens with one attached hydrogen (secondary N) is 1. The first-order chi connectivity index (χ1) is 13.8. The van der Waals surface area contributed by atoms with Gasteiger partial charge in [0, 0.05) is 50.7 Å². The molecule has 1 N–H and O–H groups in total. The molecule has 2 aromatic carbocycles. The number of nitrogens with zero attached hydrogens (tertiary/aromatic N) is 3. The van der Waals surface area contributed by atoms with Crippen molar-refractivity contribution in [2.45, 2.75) is 20.4 Å². The number of hydrogen-bond acceptors (Lipinski definition) is 4. The van der Waals surface area contributed by atoms with Gasteiger partial charge in [0.15, 0.2) is 0 Å². The summed E-state index contributed by atoms with van der Waals surface area (Å²) in [6.07, 6.45) is 0. The largest absolute Gasteiger partial charge is 0.378 e. The minimum Gasteiger partial charge on any atom is -0.378 e. The first-order valence-corrected chi connectivity index (χ1v) is 9.98. The summed E-state index contributed by atoms with van der Waals surface area (Å²) >= 11 is 0. The zero-order valence-corrected chi connectivity index (χ0v) is 18.1. The minimum absolute atomic E-state index is 0.0237. The molecule has 29 heavy (non-hydrogen) atoms. The van der Waals surface area contributed by atoms with Crippen LogP contribution in [0, 0.1) is 0 Å². The van der Waals surface area contributed by atoms with E-state index >= 15 is 0 Å². The second-order valence-corrected chi connectivity index (χ2v) is 7.34. The van der Waals surface area contributed by atoms with Crippen molar-refractivity contribution in [2.24, 2.45) is 0 Å². The molecule has 0 radical (unpaired) electrons. The van der Waals surface area contributed by atoms with Crippen LogP contribution in [0.1, 0.15) is 29.8 Å². The molecule has 0 heterocycles. The lowest BCUT2D eigenvalue weighted by Gasteiger charge is -2.19. The molecule has 6 nitrogen and oxygen atoms in total. The first-order valence-electron chi connectivity index (χ1n) is 9.98. The minimum atomic E-state index is -0.107. The predicted molar refractivity (Wildman–Crippen MR) is 119 cm³/mol. The van der Waals surface area contributed by atoms with Gasteiger partial charge in [0.1, 0.15) is 0 Å². The Bertz CT molecular complexity index is 814. The van der Waals surface area contributed by atoms with Crippen LogP contribution in [0.3, 0.4) is 0 Å². The van der Waals surface area contributed by atoms with Crippen LogP contribution >= 0.6 is 0 Å². The summed E-state index contributed by atoms with van der Waals surface area (Å²) in [5.41, 5.74) is 3.52. The predicted octanol–water partition coefficient (Wildman–Crippen LogP) is 3.31. The number of hydrogen-bond donors (Lipinski definition) is 1. The molecule has 2 rings (SSSR count). The summed E-state index contributed by atoms with van der Waals surface area (Å²) in [7, 11) is 5.94. The Morgan fingerprint density at radius 1 is 0.931 bits per heavy atom. The van der Waals surface area contributed by atoms with Crippen LogP contribution in [-0.4, -0.2) is 62.4 Å². The fourth-order valence-corrected chi connectivity index (χ4v) is 3.14. The van der Waals surface area contributed by atoms with Gasteiger partial charge in [-0.15, -0.1) is 0 Å². The quantitative estimate of drug-likeness (QED) is 0.707. The Hall–Kier alpha value is -2.86. The van der Waals surface area contributed by atoms with E-state index in [1.54, 1.807) is 29.2 Å². The van der Waals surface area contributed by atoms with Gasteiger partial charge in [-0.2, -0.15) is 0 Å². The van der Waals surface area contributed by atoms with Gasteiger partial charge in [-0.1, -0.05) is 18.2 Å². The Kier molecular flexibility index (Phi) is 8.21. The van der Waals surface area contributed by atoms with E-state index in [2.05, 4.69) is 34.5 Å². The lowest BCUT2D eigenvalue weighted by molar-refractivity contribution is -0.117. The number of rotatable bonds is 9. The summed E-state index contributed by atoms with van der Waals surface area (Å²) in [5, 5.41) is 2.89. The zero-order chi connectivity index (χ0) is 21.4. The Morgan fingerprint density at radius 3 is 2.17 bits per heavy atom. The molecule has 0 spiro atoms. The lowest BCUT2D eigenvalue weighted by Crippen LogP contribution is -2.31. The Balaban J connectivity index is 1.93. The lowest BCUT2D eigenvalue weighted by atomic mass is 10.1. The van der Waals surface area contributed by atoms with Crippen molar-refractivity contribution < 1.29 is 9.59 Å². The number of anilines is 2. The zero-order valence-electron chi connectivity index (χ0n) is 18.1. The van der Waals surface area contributed by atoms with Crippen molar-refractivity contribution in [1.82, 2.24) is 9.80 Å². The topological polar surface area (TPSA) is 55.9 Å². The van der Waals surface area contributed by atoms with E-state index in [1.807, 2.05) is 39.9 Å². The molecule has 0 saturated heterocycles.